The number of nitro benzene ring substituents is 1. The number of furan rings is 1. The first-order valence-electron chi connectivity index (χ1n) is 10.3. The van der Waals surface area contributed by atoms with E-state index in [1.54, 1.807) is 42.5 Å². The molecule has 182 valence electrons. The monoisotopic (exact) mass is 522 g/mol. The smallest absolute Gasteiger partial charge is 0.293 e. The molecule has 0 unspecified atom stereocenters. The van der Waals surface area contributed by atoms with Crippen LogP contribution in [0.25, 0.3) is 11.3 Å². The lowest BCUT2D eigenvalue weighted by molar-refractivity contribution is -0.384. The van der Waals surface area contributed by atoms with Gasteiger partial charge in [0, 0.05) is 17.8 Å². The Kier molecular flexibility index (Phi) is 7.37. The second-order valence-electron chi connectivity index (χ2n) is 7.19. The average molecular weight is 523 g/mol. The van der Waals surface area contributed by atoms with Gasteiger partial charge in [0.25, 0.3) is 17.5 Å². The second-order valence-corrected chi connectivity index (χ2v) is 8.55. The standard InChI is InChI=1S/C24H18N4O6S2/c1-33-20-13-14(8-9-16(20)26-23(30)21-7-4-12-36-21)25-24(35)27-22(29)19-11-10-18(34-19)15-5-2-3-6-17(15)28(31)32/h2-13H,1H3,(H,26,30)(H2,25,27,29,35). The van der Waals surface area contributed by atoms with Crippen LogP contribution in [-0.4, -0.2) is 29.0 Å². The van der Waals surface area contributed by atoms with Gasteiger partial charge in [-0.05, 0) is 54.0 Å². The fourth-order valence-electron chi connectivity index (χ4n) is 3.24. The highest BCUT2D eigenvalue weighted by molar-refractivity contribution is 7.80. The Morgan fingerprint density at radius 3 is 2.56 bits per heavy atom. The van der Waals surface area contributed by atoms with Gasteiger partial charge in [0.15, 0.2) is 10.9 Å². The summed E-state index contributed by atoms with van der Waals surface area (Å²) < 4.78 is 10.9. The van der Waals surface area contributed by atoms with Crippen LogP contribution in [0.4, 0.5) is 17.1 Å². The zero-order chi connectivity index (χ0) is 25.7. The zero-order valence-electron chi connectivity index (χ0n) is 18.6. The Morgan fingerprint density at radius 1 is 1.03 bits per heavy atom. The van der Waals surface area contributed by atoms with Gasteiger partial charge in [-0.15, -0.1) is 11.3 Å². The van der Waals surface area contributed by atoms with Gasteiger partial charge in [0.05, 0.1) is 28.2 Å². The van der Waals surface area contributed by atoms with Gasteiger partial charge >= 0.3 is 0 Å². The van der Waals surface area contributed by atoms with Crippen molar-refractivity contribution >= 4 is 57.5 Å². The molecule has 4 aromatic rings. The Balaban J connectivity index is 1.41. The van der Waals surface area contributed by atoms with Crippen molar-refractivity contribution in [2.24, 2.45) is 0 Å². The number of rotatable bonds is 7. The Morgan fingerprint density at radius 2 is 1.83 bits per heavy atom. The highest BCUT2D eigenvalue weighted by Crippen LogP contribution is 2.31. The van der Waals surface area contributed by atoms with Crippen LogP contribution in [0, 0.1) is 10.1 Å². The molecule has 10 nitrogen and oxygen atoms in total. The van der Waals surface area contributed by atoms with Crippen molar-refractivity contribution in [1.82, 2.24) is 5.32 Å². The third kappa shape index (κ3) is 5.56. The molecule has 4 rings (SSSR count). The number of hydrogen-bond acceptors (Lipinski definition) is 8. The predicted molar refractivity (Wildman–Crippen MR) is 140 cm³/mol. The number of thiophene rings is 1. The van der Waals surface area contributed by atoms with Crippen molar-refractivity contribution in [3.63, 3.8) is 0 Å². The third-order valence-electron chi connectivity index (χ3n) is 4.88. The summed E-state index contributed by atoms with van der Waals surface area (Å²) in [5, 5.41) is 21.2. The maximum absolute atomic E-state index is 12.6. The van der Waals surface area contributed by atoms with Gasteiger partial charge in [-0.2, -0.15) is 0 Å². The number of methoxy groups -OCH3 is 1. The summed E-state index contributed by atoms with van der Waals surface area (Å²) in [6.45, 7) is 0. The number of hydrogen-bond donors (Lipinski definition) is 3. The Labute approximate surface area is 214 Å². The molecule has 3 N–H and O–H groups in total. The lowest BCUT2D eigenvalue weighted by Crippen LogP contribution is -2.33. The molecule has 0 fully saturated rings. The van der Waals surface area contributed by atoms with Crippen molar-refractivity contribution in [3.05, 3.63) is 92.9 Å². The summed E-state index contributed by atoms with van der Waals surface area (Å²) >= 11 is 6.54. The SMILES string of the molecule is COc1cc(NC(=S)NC(=O)c2ccc(-c3ccccc3[N+](=O)[O-])o2)ccc1NC(=O)c1cccs1. The normalized spacial score (nSPS) is 10.4. The molecule has 0 saturated heterocycles. The summed E-state index contributed by atoms with van der Waals surface area (Å²) in [4.78, 5) is 36.2. The topological polar surface area (TPSA) is 136 Å². The lowest BCUT2D eigenvalue weighted by atomic mass is 10.1. The number of anilines is 2. The minimum atomic E-state index is -0.635. The minimum Gasteiger partial charge on any atom is -0.494 e. The molecule has 2 aromatic carbocycles. The Bertz CT molecular complexity index is 1450. The molecular formula is C24H18N4O6S2. The number of ether oxygens (including phenoxy) is 1. The Hall–Kier alpha value is -4.55. The quantitative estimate of drug-likeness (QED) is 0.169. The molecule has 0 atom stereocenters. The van der Waals surface area contributed by atoms with Gasteiger partial charge in [-0.1, -0.05) is 18.2 Å². The molecule has 12 heteroatoms. The van der Waals surface area contributed by atoms with E-state index in [9.17, 15) is 19.7 Å². The van der Waals surface area contributed by atoms with Crippen molar-refractivity contribution in [2.75, 3.05) is 17.7 Å². The fraction of sp³-hybridized carbons (Fsp3) is 0.0417. The number of nitro groups is 1. The third-order valence-corrected chi connectivity index (χ3v) is 5.95. The first-order valence-corrected chi connectivity index (χ1v) is 11.6. The summed E-state index contributed by atoms with van der Waals surface area (Å²) in [6.07, 6.45) is 0. The molecule has 2 amide bonds. The average Bonchev–Trinajstić information content (AvgIpc) is 3.57. The number of carbonyl (C=O) groups is 2. The van der Waals surface area contributed by atoms with E-state index in [-0.39, 0.29) is 33.8 Å². The number of nitrogens with zero attached hydrogens (tertiary/aromatic N) is 1. The van der Waals surface area contributed by atoms with E-state index >= 15 is 0 Å². The highest BCUT2D eigenvalue weighted by atomic mass is 32.1. The van der Waals surface area contributed by atoms with Crippen LogP contribution in [0.3, 0.4) is 0 Å². The second kappa shape index (κ2) is 10.8. The van der Waals surface area contributed by atoms with Crippen LogP contribution >= 0.6 is 23.6 Å². The molecule has 0 saturated carbocycles. The zero-order valence-corrected chi connectivity index (χ0v) is 20.3. The maximum Gasteiger partial charge on any atom is 0.293 e. The van der Waals surface area contributed by atoms with Crippen LogP contribution in [0.15, 0.2) is 76.5 Å². The molecule has 36 heavy (non-hydrogen) atoms. The number of amides is 2. The summed E-state index contributed by atoms with van der Waals surface area (Å²) in [7, 11) is 1.46. The van der Waals surface area contributed by atoms with E-state index < -0.39 is 10.8 Å². The summed E-state index contributed by atoms with van der Waals surface area (Å²) in [6, 6.07) is 17.3. The van der Waals surface area contributed by atoms with Crippen LogP contribution in [0.1, 0.15) is 20.2 Å². The number of thiocarbonyl (C=S) groups is 1. The van der Waals surface area contributed by atoms with Crippen LogP contribution in [-0.2, 0) is 0 Å². The first kappa shape index (κ1) is 24.6. The van der Waals surface area contributed by atoms with Crippen molar-refractivity contribution in [3.8, 4) is 17.1 Å². The van der Waals surface area contributed by atoms with E-state index in [0.29, 0.717) is 22.0 Å². The molecule has 2 aromatic heterocycles. The first-order chi connectivity index (χ1) is 17.4. The van der Waals surface area contributed by atoms with Crippen molar-refractivity contribution in [2.45, 2.75) is 0 Å². The number of benzene rings is 2. The minimum absolute atomic E-state index is 0.0129. The molecular weight excluding hydrogens is 504 g/mol. The van der Waals surface area contributed by atoms with Gasteiger partial charge in [0.2, 0.25) is 0 Å². The van der Waals surface area contributed by atoms with E-state index in [2.05, 4.69) is 16.0 Å². The van der Waals surface area contributed by atoms with Crippen molar-refractivity contribution in [1.29, 1.82) is 0 Å². The van der Waals surface area contributed by atoms with E-state index in [0.717, 1.165) is 0 Å². The van der Waals surface area contributed by atoms with E-state index in [1.165, 1.54) is 42.7 Å². The molecule has 0 radical (unpaired) electrons. The summed E-state index contributed by atoms with van der Waals surface area (Å²) in [5.41, 5.74) is 1.08. The van der Waals surface area contributed by atoms with Gasteiger partial charge in [0.1, 0.15) is 11.5 Å². The number of nitrogens with one attached hydrogen (secondary N) is 3. The van der Waals surface area contributed by atoms with Gasteiger partial charge < -0.3 is 19.8 Å². The highest BCUT2D eigenvalue weighted by Gasteiger charge is 2.20. The fourth-order valence-corrected chi connectivity index (χ4v) is 4.07. The maximum atomic E-state index is 12.6. The summed E-state index contributed by atoms with van der Waals surface area (Å²) in [5.74, 6) is -0.401. The number of carbonyl (C=O) groups excluding carboxylic acids is 2. The molecule has 0 aliphatic heterocycles. The largest absolute Gasteiger partial charge is 0.494 e. The van der Waals surface area contributed by atoms with Gasteiger partial charge in [-0.25, -0.2) is 0 Å². The van der Waals surface area contributed by atoms with Crippen LogP contribution in [0.5, 0.6) is 5.75 Å². The molecule has 0 aliphatic rings. The molecule has 0 bridgehead atoms. The molecule has 2 heterocycles. The molecule has 0 spiro atoms. The predicted octanol–water partition coefficient (Wildman–Crippen LogP) is 5.30. The van der Waals surface area contributed by atoms with Gasteiger partial charge in [-0.3, -0.25) is 25.0 Å². The van der Waals surface area contributed by atoms with Crippen molar-refractivity contribution < 1.29 is 23.7 Å². The van der Waals surface area contributed by atoms with E-state index in [1.807, 2.05) is 5.38 Å². The van der Waals surface area contributed by atoms with Crippen LogP contribution < -0.4 is 20.7 Å². The molecule has 0 aliphatic carbocycles. The van der Waals surface area contributed by atoms with Crippen LogP contribution in [0.2, 0.25) is 0 Å². The lowest BCUT2D eigenvalue weighted by Gasteiger charge is -2.13. The van der Waals surface area contributed by atoms with E-state index in [4.69, 9.17) is 21.4 Å². The number of para-hydroxylation sites is 1.